The minimum Gasteiger partial charge on any atom is -0.332 e. The van der Waals surface area contributed by atoms with E-state index in [2.05, 4.69) is 36.4 Å². The van der Waals surface area contributed by atoms with Crippen LogP contribution in [0, 0.1) is 5.92 Å². The van der Waals surface area contributed by atoms with Gasteiger partial charge in [-0.25, -0.2) is 4.98 Å². The molecular weight excluding hydrogens is 308 g/mol. The maximum atomic E-state index is 5.27. The number of hydrogen-bond acceptors (Lipinski definition) is 5. The summed E-state index contributed by atoms with van der Waals surface area (Å²) >= 11 is 3.35. The molecule has 0 amide bonds. The highest BCUT2D eigenvalue weighted by atomic mass is 79.9. The normalized spacial score (nSPS) is 19.5. The first kappa shape index (κ1) is 12.7. The quantitative estimate of drug-likeness (QED) is 0.940. The molecule has 1 aliphatic heterocycles. The van der Waals surface area contributed by atoms with Crippen LogP contribution in [0.2, 0.25) is 0 Å². The first-order chi connectivity index (χ1) is 9.31. The van der Waals surface area contributed by atoms with Gasteiger partial charge in [-0.2, -0.15) is 4.98 Å². The fraction of sp³-hybridized carbons (Fsp3) is 0.462. The lowest BCUT2D eigenvalue weighted by molar-refractivity contribution is 0.359. The highest BCUT2D eigenvalue weighted by molar-refractivity contribution is 9.10. The Labute approximate surface area is 119 Å². The maximum Gasteiger partial charge on any atom is 0.276 e. The van der Waals surface area contributed by atoms with Crippen molar-refractivity contribution in [1.29, 1.82) is 0 Å². The second kappa shape index (κ2) is 5.79. The lowest BCUT2D eigenvalue weighted by atomic mass is 9.96. The van der Waals surface area contributed by atoms with Gasteiger partial charge in [-0.1, -0.05) is 5.16 Å². The Kier molecular flexibility index (Phi) is 3.89. The van der Waals surface area contributed by atoms with Gasteiger partial charge in [-0.15, -0.1) is 0 Å². The molecule has 3 rings (SSSR count). The molecule has 19 heavy (non-hydrogen) atoms. The van der Waals surface area contributed by atoms with E-state index >= 15 is 0 Å². The molecular formula is C13H15BrN4O. The molecule has 1 aliphatic rings. The van der Waals surface area contributed by atoms with E-state index in [1.165, 1.54) is 12.8 Å². The van der Waals surface area contributed by atoms with Crippen LogP contribution >= 0.6 is 15.9 Å². The van der Waals surface area contributed by atoms with Crippen LogP contribution < -0.4 is 5.32 Å². The van der Waals surface area contributed by atoms with Crippen molar-refractivity contribution in [2.75, 3.05) is 13.1 Å². The van der Waals surface area contributed by atoms with E-state index in [1.54, 1.807) is 6.20 Å². The van der Waals surface area contributed by atoms with Crippen LogP contribution in [0.4, 0.5) is 0 Å². The van der Waals surface area contributed by atoms with E-state index < -0.39 is 0 Å². The maximum absolute atomic E-state index is 5.27. The van der Waals surface area contributed by atoms with Gasteiger partial charge in [0.2, 0.25) is 0 Å². The number of piperidine rings is 1. The van der Waals surface area contributed by atoms with Gasteiger partial charge in [0.15, 0.2) is 5.82 Å². The van der Waals surface area contributed by atoms with Crippen molar-refractivity contribution in [3.8, 4) is 11.6 Å². The predicted molar refractivity (Wildman–Crippen MR) is 74.5 cm³/mol. The standard InChI is InChI=1S/C13H15BrN4O/c14-10-3-4-11(16-8-10)13-17-12(18-19-13)6-9-2-1-5-15-7-9/h3-4,8-9,15H,1-2,5-7H2. The summed E-state index contributed by atoms with van der Waals surface area (Å²) in [5.74, 6) is 1.87. The fourth-order valence-corrected chi connectivity index (χ4v) is 2.53. The third kappa shape index (κ3) is 3.19. The van der Waals surface area contributed by atoms with Crippen molar-refractivity contribution < 1.29 is 4.52 Å². The minimum atomic E-state index is 0.492. The van der Waals surface area contributed by atoms with Gasteiger partial charge >= 0.3 is 0 Å². The molecule has 0 saturated carbocycles. The van der Waals surface area contributed by atoms with E-state index in [0.29, 0.717) is 17.5 Å². The Bertz CT molecular complexity index is 534. The number of nitrogens with zero attached hydrogens (tertiary/aromatic N) is 3. The fourth-order valence-electron chi connectivity index (χ4n) is 2.30. The Morgan fingerprint density at radius 1 is 1.42 bits per heavy atom. The molecule has 2 aromatic rings. The second-order valence-electron chi connectivity index (χ2n) is 4.79. The molecule has 1 unspecified atom stereocenters. The summed E-state index contributed by atoms with van der Waals surface area (Å²) in [6, 6.07) is 3.78. The first-order valence-electron chi connectivity index (χ1n) is 6.46. The molecule has 1 atom stereocenters. The third-order valence-electron chi connectivity index (χ3n) is 3.28. The highest BCUT2D eigenvalue weighted by Crippen LogP contribution is 2.19. The van der Waals surface area contributed by atoms with Crippen LogP contribution in [0.25, 0.3) is 11.6 Å². The van der Waals surface area contributed by atoms with E-state index in [9.17, 15) is 0 Å². The molecule has 2 aromatic heterocycles. The zero-order valence-electron chi connectivity index (χ0n) is 10.5. The van der Waals surface area contributed by atoms with Gasteiger partial charge in [-0.3, -0.25) is 0 Å². The molecule has 0 spiro atoms. The average Bonchev–Trinajstić information content (AvgIpc) is 2.89. The van der Waals surface area contributed by atoms with Crippen LogP contribution in [0.1, 0.15) is 18.7 Å². The van der Waals surface area contributed by atoms with E-state index in [-0.39, 0.29) is 0 Å². The van der Waals surface area contributed by atoms with Crippen molar-refractivity contribution >= 4 is 15.9 Å². The van der Waals surface area contributed by atoms with Crippen LogP contribution in [-0.2, 0) is 6.42 Å². The van der Waals surface area contributed by atoms with E-state index in [0.717, 1.165) is 29.8 Å². The molecule has 1 fully saturated rings. The van der Waals surface area contributed by atoms with Crippen molar-refractivity contribution in [1.82, 2.24) is 20.4 Å². The third-order valence-corrected chi connectivity index (χ3v) is 3.75. The monoisotopic (exact) mass is 322 g/mol. The Hall–Kier alpha value is -1.27. The summed E-state index contributed by atoms with van der Waals surface area (Å²) in [4.78, 5) is 8.67. The summed E-state index contributed by atoms with van der Waals surface area (Å²) in [7, 11) is 0. The molecule has 6 heteroatoms. The number of hydrogen-bond donors (Lipinski definition) is 1. The second-order valence-corrected chi connectivity index (χ2v) is 5.71. The van der Waals surface area contributed by atoms with Crippen molar-refractivity contribution in [2.45, 2.75) is 19.3 Å². The predicted octanol–water partition coefficient (Wildman–Crippen LogP) is 2.44. The zero-order valence-corrected chi connectivity index (χ0v) is 12.1. The molecule has 1 N–H and O–H groups in total. The SMILES string of the molecule is Brc1ccc(-c2nc(CC3CCCNC3)no2)nc1. The van der Waals surface area contributed by atoms with Gasteiger partial charge in [0.1, 0.15) is 5.69 Å². The smallest absolute Gasteiger partial charge is 0.276 e. The highest BCUT2D eigenvalue weighted by Gasteiger charge is 2.17. The Morgan fingerprint density at radius 2 is 2.37 bits per heavy atom. The van der Waals surface area contributed by atoms with Crippen LogP contribution in [0.3, 0.4) is 0 Å². The Balaban J connectivity index is 1.70. The molecule has 0 aliphatic carbocycles. The van der Waals surface area contributed by atoms with Gasteiger partial charge in [0, 0.05) is 17.1 Å². The summed E-state index contributed by atoms with van der Waals surface area (Å²) in [6.07, 6.45) is 5.05. The topological polar surface area (TPSA) is 63.8 Å². The molecule has 0 aromatic carbocycles. The number of halogens is 1. The lowest BCUT2D eigenvalue weighted by Crippen LogP contribution is -2.31. The van der Waals surface area contributed by atoms with Gasteiger partial charge in [-0.05, 0) is 59.9 Å². The number of nitrogens with one attached hydrogen (secondary N) is 1. The average molecular weight is 323 g/mol. The number of rotatable bonds is 3. The van der Waals surface area contributed by atoms with Gasteiger partial charge in [0.05, 0.1) is 0 Å². The first-order valence-corrected chi connectivity index (χ1v) is 7.26. The summed E-state index contributed by atoms with van der Waals surface area (Å²) in [6.45, 7) is 2.16. The van der Waals surface area contributed by atoms with E-state index in [1.807, 2.05) is 12.1 Å². The summed E-state index contributed by atoms with van der Waals surface area (Å²) in [5.41, 5.74) is 0.712. The van der Waals surface area contributed by atoms with Crippen LogP contribution in [0.15, 0.2) is 27.3 Å². The number of pyridine rings is 1. The zero-order chi connectivity index (χ0) is 13.1. The van der Waals surface area contributed by atoms with Crippen molar-refractivity contribution in [3.63, 3.8) is 0 Å². The molecule has 100 valence electrons. The Morgan fingerprint density at radius 3 is 3.11 bits per heavy atom. The van der Waals surface area contributed by atoms with Gasteiger partial charge in [0.25, 0.3) is 5.89 Å². The van der Waals surface area contributed by atoms with E-state index in [4.69, 9.17) is 4.52 Å². The van der Waals surface area contributed by atoms with Crippen molar-refractivity contribution in [2.24, 2.45) is 5.92 Å². The molecule has 3 heterocycles. The molecule has 5 nitrogen and oxygen atoms in total. The molecule has 0 radical (unpaired) electrons. The van der Waals surface area contributed by atoms with Crippen LogP contribution in [0.5, 0.6) is 0 Å². The van der Waals surface area contributed by atoms with Crippen LogP contribution in [-0.4, -0.2) is 28.2 Å². The largest absolute Gasteiger partial charge is 0.332 e. The van der Waals surface area contributed by atoms with Crippen molar-refractivity contribution in [3.05, 3.63) is 28.6 Å². The molecule has 0 bridgehead atoms. The lowest BCUT2D eigenvalue weighted by Gasteiger charge is -2.20. The summed E-state index contributed by atoms with van der Waals surface area (Å²) < 4.78 is 6.21. The molecule has 1 saturated heterocycles. The minimum absolute atomic E-state index is 0.492. The van der Waals surface area contributed by atoms with Gasteiger partial charge < -0.3 is 9.84 Å². The number of aromatic nitrogens is 3. The summed E-state index contributed by atoms with van der Waals surface area (Å²) in [5, 5.41) is 7.44.